The van der Waals surface area contributed by atoms with E-state index in [-0.39, 0.29) is 10.5 Å². The van der Waals surface area contributed by atoms with Crippen molar-refractivity contribution in [2.24, 2.45) is 5.92 Å². The molecular formula is C10H20O2S2+2. The molecule has 0 saturated carbocycles. The van der Waals surface area contributed by atoms with Crippen molar-refractivity contribution in [3.05, 3.63) is 0 Å². The van der Waals surface area contributed by atoms with Gasteiger partial charge in [-0.25, -0.2) is 0 Å². The summed E-state index contributed by atoms with van der Waals surface area (Å²) >= 11 is 1.39. The maximum Gasteiger partial charge on any atom is 0.462 e. The van der Waals surface area contributed by atoms with Crippen molar-refractivity contribution in [2.75, 3.05) is 0 Å². The van der Waals surface area contributed by atoms with Gasteiger partial charge in [-0.15, -0.1) is 0 Å². The molecule has 0 aromatic heterocycles. The Kier molecular flexibility index (Phi) is 8.38. The molecule has 0 fully saturated rings. The minimum absolute atomic E-state index is 0.161. The molecule has 4 heteroatoms. The van der Waals surface area contributed by atoms with Gasteiger partial charge in [-0.1, -0.05) is 20.3 Å². The van der Waals surface area contributed by atoms with Crippen LogP contribution in [-0.4, -0.2) is 10.5 Å². The summed E-state index contributed by atoms with van der Waals surface area (Å²) < 4.78 is 21.3. The minimum atomic E-state index is 0.161. The van der Waals surface area contributed by atoms with Gasteiger partial charge < -0.3 is 0 Å². The molecule has 0 radical (unpaired) electrons. The molecule has 2 nitrogen and oxygen atoms in total. The van der Waals surface area contributed by atoms with Crippen LogP contribution in [0, 0.1) is 5.92 Å². The molecule has 0 bridgehead atoms. The van der Waals surface area contributed by atoms with E-state index in [1.165, 1.54) is 0 Å². The van der Waals surface area contributed by atoms with E-state index in [1.54, 1.807) is 0 Å². The number of hydrogen-bond donors (Lipinski definition) is 0. The van der Waals surface area contributed by atoms with Gasteiger partial charge in [0, 0.05) is 27.2 Å². The Hall–Kier alpha value is 0.0400. The maximum atomic E-state index is 10.7. The first-order chi connectivity index (χ1) is 6.65. The molecule has 0 spiro atoms. The lowest BCUT2D eigenvalue weighted by Crippen LogP contribution is -2.15. The molecule has 14 heavy (non-hydrogen) atoms. The van der Waals surface area contributed by atoms with Gasteiger partial charge >= 0.3 is 23.3 Å². The van der Waals surface area contributed by atoms with Crippen molar-refractivity contribution in [1.29, 1.82) is 0 Å². The van der Waals surface area contributed by atoms with Crippen LogP contribution in [0.1, 0.15) is 46.5 Å². The molecule has 0 rings (SSSR count). The van der Waals surface area contributed by atoms with E-state index in [0.29, 0.717) is 17.6 Å². The first-order valence-electron chi connectivity index (χ1n) is 5.22. The summed E-state index contributed by atoms with van der Waals surface area (Å²) in [7, 11) is 0. The monoisotopic (exact) mass is 236 g/mol. The Morgan fingerprint density at radius 1 is 1.00 bits per heavy atom. The van der Waals surface area contributed by atoms with Crippen LogP contribution in [0.3, 0.4) is 0 Å². The molecule has 0 saturated heterocycles. The van der Waals surface area contributed by atoms with Crippen molar-refractivity contribution >= 4 is 23.3 Å². The Bertz CT molecular complexity index is 174. The van der Waals surface area contributed by atoms with Crippen molar-refractivity contribution in [2.45, 2.75) is 57.0 Å². The molecule has 3 atom stereocenters. The molecule has 0 aromatic rings. The lowest BCUT2D eigenvalue weighted by Gasteiger charge is -2.06. The molecule has 0 amide bonds. The van der Waals surface area contributed by atoms with E-state index in [2.05, 4.69) is 13.8 Å². The molecule has 0 aliphatic rings. The molecular weight excluding hydrogens is 216 g/mol. The maximum absolute atomic E-state index is 10.7. The third-order valence-corrected chi connectivity index (χ3v) is 4.16. The highest BCUT2D eigenvalue weighted by Crippen LogP contribution is 2.16. The Labute approximate surface area is 94.8 Å². The van der Waals surface area contributed by atoms with Crippen LogP contribution in [0.4, 0.5) is 0 Å². The van der Waals surface area contributed by atoms with Crippen LogP contribution in [0.25, 0.3) is 0 Å². The van der Waals surface area contributed by atoms with Gasteiger partial charge in [-0.05, 0) is 13.3 Å². The zero-order valence-electron chi connectivity index (χ0n) is 9.19. The predicted octanol–water partition coefficient (Wildman–Crippen LogP) is 2.82. The Morgan fingerprint density at radius 2 is 1.64 bits per heavy atom. The van der Waals surface area contributed by atoms with Crippen LogP contribution < -0.4 is 0 Å². The van der Waals surface area contributed by atoms with Gasteiger partial charge in [0.05, 0.1) is 0 Å². The second-order valence-electron chi connectivity index (χ2n) is 3.86. The van der Waals surface area contributed by atoms with E-state index in [4.69, 9.17) is 0 Å². The van der Waals surface area contributed by atoms with E-state index in [9.17, 15) is 8.42 Å². The highest BCUT2D eigenvalue weighted by molar-refractivity contribution is 7.66. The summed E-state index contributed by atoms with van der Waals surface area (Å²) in [5.41, 5.74) is 0. The third kappa shape index (κ3) is 5.70. The number of rotatable bonds is 8. The summed E-state index contributed by atoms with van der Waals surface area (Å²) in [5, 5.41) is 0.403. The Balaban J connectivity index is 3.77. The normalized spacial score (nSPS) is 17.1. The van der Waals surface area contributed by atoms with Crippen molar-refractivity contribution in [3.63, 3.8) is 0 Å². The first-order valence-corrected chi connectivity index (χ1v) is 6.83. The van der Waals surface area contributed by atoms with Gasteiger partial charge in [-0.2, -0.15) is 0 Å². The number of hydrogen-bond acceptors (Lipinski definition) is 2. The smallest absolute Gasteiger partial charge is 0.0652 e. The van der Waals surface area contributed by atoms with Gasteiger partial charge in [0.25, 0.3) is 0 Å². The second kappa shape index (κ2) is 8.36. The summed E-state index contributed by atoms with van der Waals surface area (Å²) in [6.07, 6.45) is 4.02. The highest BCUT2D eigenvalue weighted by atomic mass is 32.1. The average molecular weight is 236 g/mol. The van der Waals surface area contributed by atoms with E-state index in [1.807, 2.05) is 6.92 Å². The van der Waals surface area contributed by atoms with Gasteiger partial charge in [0.15, 0.2) is 0 Å². The predicted molar refractivity (Wildman–Crippen MR) is 62.7 cm³/mol. The van der Waals surface area contributed by atoms with Crippen molar-refractivity contribution in [1.82, 2.24) is 0 Å². The van der Waals surface area contributed by atoms with Crippen molar-refractivity contribution in [3.8, 4) is 0 Å². The van der Waals surface area contributed by atoms with Gasteiger partial charge in [-0.3, -0.25) is 0 Å². The average Bonchev–Trinajstić information content (AvgIpc) is 2.22. The minimum Gasteiger partial charge on any atom is -0.0652 e. The van der Waals surface area contributed by atoms with Crippen LogP contribution in [-0.2, 0) is 31.8 Å². The molecule has 0 aliphatic carbocycles. The standard InChI is InChI=1S/C10H20O2S2/c1-4-5-10(14-12)7-6-8(2)9(3)13-11/h8-10H,4-7H2,1-3H3/q+2. The zero-order valence-corrected chi connectivity index (χ0v) is 10.8. The lowest BCUT2D eigenvalue weighted by molar-refractivity contribution is 0.478. The first kappa shape index (κ1) is 14.0. The topological polar surface area (TPSA) is 34.1 Å². The largest absolute Gasteiger partial charge is 0.462 e. The van der Waals surface area contributed by atoms with Gasteiger partial charge in [0.1, 0.15) is 0 Å². The van der Waals surface area contributed by atoms with Crippen LogP contribution in [0.15, 0.2) is 0 Å². The van der Waals surface area contributed by atoms with Crippen LogP contribution in [0.5, 0.6) is 0 Å². The van der Waals surface area contributed by atoms with Crippen molar-refractivity contribution < 1.29 is 8.42 Å². The third-order valence-electron chi connectivity index (χ3n) is 2.64. The molecule has 0 heterocycles. The van der Waals surface area contributed by atoms with E-state index >= 15 is 0 Å². The highest BCUT2D eigenvalue weighted by Gasteiger charge is 2.27. The SMILES string of the molecule is CCCC(CCC(C)C(C)[S+]=O)[S+]=O. The van der Waals surface area contributed by atoms with E-state index in [0.717, 1.165) is 37.3 Å². The summed E-state index contributed by atoms with van der Waals surface area (Å²) in [4.78, 5) is 0. The molecule has 3 unspecified atom stereocenters. The fraction of sp³-hybridized carbons (Fsp3) is 1.00. The molecule has 0 aromatic carbocycles. The molecule has 0 N–H and O–H groups in total. The Morgan fingerprint density at radius 3 is 2.07 bits per heavy atom. The molecule has 82 valence electrons. The summed E-state index contributed by atoms with van der Waals surface area (Å²) in [5.74, 6) is 0.420. The fourth-order valence-electron chi connectivity index (χ4n) is 1.34. The molecule has 0 aliphatic heterocycles. The van der Waals surface area contributed by atoms with Crippen LogP contribution >= 0.6 is 0 Å². The fourth-order valence-corrected chi connectivity index (χ4v) is 2.23. The van der Waals surface area contributed by atoms with Crippen LogP contribution in [0.2, 0.25) is 0 Å². The zero-order chi connectivity index (χ0) is 11.0. The van der Waals surface area contributed by atoms with Gasteiger partial charge in [0.2, 0.25) is 10.5 Å². The summed E-state index contributed by atoms with van der Waals surface area (Å²) in [6.45, 7) is 6.15. The van der Waals surface area contributed by atoms with E-state index < -0.39 is 0 Å². The second-order valence-corrected chi connectivity index (χ2v) is 5.66. The summed E-state index contributed by atoms with van der Waals surface area (Å²) in [6, 6.07) is 0. The lowest BCUT2D eigenvalue weighted by atomic mass is 10.00. The quantitative estimate of drug-likeness (QED) is 0.607.